The summed E-state index contributed by atoms with van der Waals surface area (Å²) in [5.74, 6) is 0.732. The molecular weight excluding hydrogens is 618 g/mol. The number of carbonyl (C=O) groups is 2. The zero-order valence-electron chi connectivity index (χ0n) is 27.5. The van der Waals surface area contributed by atoms with Gasteiger partial charge >= 0.3 is 5.97 Å². The van der Waals surface area contributed by atoms with E-state index in [4.69, 9.17) is 23.9 Å². The summed E-state index contributed by atoms with van der Waals surface area (Å²) >= 11 is 1.25. The van der Waals surface area contributed by atoms with Crippen LogP contribution in [0.15, 0.2) is 75.7 Å². The van der Waals surface area contributed by atoms with E-state index in [0.717, 1.165) is 16.3 Å². The van der Waals surface area contributed by atoms with Crippen LogP contribution < -0.4 is 29.1 Å². The van der Waals surface area contributed by atoms with Gasteiger partial charge in [0.15, 0.2) is 22.9 Å². The van der Waals surface area contributed by atoms with Gasteiger partial charge in [0.1, 0.15) is 11.8 Å². The van der Waals surface area contributed by atoms with Crippen molar-refractivity contribution in [2.24, 2.45) is 4.99 Å². The molecular formula is C36H39N3O7S. The number of rotatable bonds is 12. The fourth-order valence-corrected chi connectivity index (χ4v) is 6.82. The van der Waals surface area contributed by atoms with Crippen LogP contribution in [0.25, 0.3) is 16.8 Å². The number of fused-ring (bicyclic) bond motifs is 2. The molecule has 0 bridgehead atoms. The number of thiazole rings is 1. The molecule has 3 aromatic carbocycles. The largest absolute Gasteiger partial charge is 0.496 e. The lowest BCUT2D eigenvalue weighted by molar-refractivity contribution is -0.145. The number of carbonyl (C=O) groups excluding carboxylic acids is 2. The molecule has 11 heteroatoms. The number of hydrogen-bond donors (Lipinski definition) is 0. The predicted octanol–water partition coefficient (Wildman–Crippen LogP) is 4.61. The number of hydrogen-bond acceptors (Lipinski definition) is 9. The Morgan fingerprint density at radius 3 is 2.40 bits per heavy atom. The number of methoxy groups -OCH3 is 1. The van der Waals surface area contributed by atoms with E-state index in [-0.39, 0.29) is 24.7 Å². The van der Waals surface area contributed by atoms with Crippen molar-refractivity contribution in [2.45, 2.75) is 40.7 Å². The fourth-order valence-electron chi connectivity index (χ4n) is 5.78. The Hall–Kier alpha value is -4.90. The van der Waals surface area contributed by atoms with Crippen LogP contribution >= 0.6 is 11.3 Å². The highest BCUT2D eigenvalue weighted by atomic mass is 32.1. The number of allylic oxidation sites excluding steroid dienone is 1. The first-order chi connectivity index (χ1) is 22.8. The summed E-state index contributed by atoms with van der Waals surface area (Å²) in [5.41, 5.74) is 2.12. The van der Waals surface area contributed by atoms with Crippen molar-refractivity contribution in [1.82, 2.24) is 9.47 Å². The molecule has 4 aromatic rings. The van der Waals surface area contributed by atoms with Crippen LogP contribution in [0.1, 0.15) is 51.8 Å². The number of benzene rings is 3. The van der Waals surface area contributed by atoms with E-state index in [0.29, 0.717) is 63.1 Å². The monoisotopic (exact) mass is 657 g/mol. The fraction of sp³-hybridized carbons (Fsp3) is 0.333. The molecule has 1 aromatic heterocycles. The van der Waals surface area contributed by atoms with E-state index in [9.17, 15) is 14.4 Å². The van der Waals surface area contributed by atoms with Crippen LogP contribution in [0.2, 0.25) is 0 Å². The maximum absolute atomic E-state index is 14.4. The average molecular weight is 658 g/mol. The molecule has 5 rings (SSSR count). The number of nitrogens with zero attached hydrogens (tertiary/aromatic N) is 3. The molecule has 246 valence electrons. The first-order valence-electron chi connectivity index (χ1n) is 15.7. The minimum absolute atomic E-state index is 0.176. The van der Waals surface area contributed by atoms with E-state index >= 15 is 0 Å². The lowest BCUT2D eigenvalue weighted by Gasteiger charge is -2.30. The zero-order valence-corrected chi connectivity index (χ0v) is 28.3. The summed E-state index contributed by atoms with van der Waals surface area (Å²) in [6, 6.07) is 16.2. The van der Waals surface area contributed by atoms with Crippen LogP contribution in [0.3, 0.4) is 0 Å². The van der Waals surface area contributed by atoms with Crippen LogP contribution in [-0.2, 0) is 14.3 Å². The summed E-state index contributed by atoms with van der Waals surface area (Å²) in [6.45, 7) is 10.7. The summed E-state index contributed by atoms with van der Waals surface area (Å²) in [6.07, 6.45) is 1.77. The highest BCUT2D eigenvalue weighted by Gasteiger charge is 2.36. The van der Waals surface area contributed by atoms with Crippen molar-refractivity contribution in [1.29, 1.82) is 0 Å². The molecule has 0 radical (unpaired) electrons. The number of ether oxygens (including phenoxy) is 4. The topological polar surface area (TPSA) is 109 Å². The van der Waals surface area contributed by atoms with Gasteiger partial charge in [0, 0.05) is 18.7 Å². The summed E-state index contributed by atoms with van der Waals surface area (Å²) in [7, 11) is 1.59. The third-order valence-corrected chi connectivity index (χ3v) is 8.93. The van der Waals surface area contributed by atoms with Gasteiger partial charge in [-0.2, -0.15) is 0 Å². The van der Waals surface area contributed by atoms with Gasteiger partial charge in [-0.25, -0.2) is 9.79 Å². The maximum Gasteiger partial charge on any atom is 0.344 e. The molecule has 1 amide bonds. The molecule has 0 saturated heterocycles. The smallest absolute Gasteiger partial charge is 0.344 e. The normalized spacial score (nSPS) is 14.4. The minimum Gasteiger partial charge on any atom is -0.496 e. The van der Waals surface area contributed by atoms with Crippen LogP contribution in [0.5, 0.6) is 17.2 Å². The molecule has 0 unspecified atom stereocenters. The van der Waals surface area contributed by atoms with Crippen molar-refractivity contribution >= 4 is 40.1 Å². The molecule has 2 heterocycles. The Labute approximate surface area is 277 Å². The minimum atomic E-state index is -0.778. The summed E-state index contributed by atoms with van der Waals surface area (Å²) in [5, 5.41) is 1.84. The lowest BCUT2D eigenvalue weighted by atomic mass is 9.90. The second-order valence-electron chi connectivity index (χ2n) is 10.7. The highest BCUT2D eigenvalue weighted by Crippen LogP contribution is 2.40. The molecule has 1 aliphatic rings. The highest BCUT2D eigenvalue weighted by molar-refractivity contribution is 7.07. The van der Waals surface area contributed by atoms with Crippen molar-refractivity contribution in [3.63, 3.8) is 0 Å². The van der Waals surface area contributed by atoms with Crippen molar-refractivity contribution in [2.75, 3.05) is 40.0 Å². The Morgan fingerprint density at radius 1 is 0.957 bits per heavy atom. The van der Waals surface area contributed by atoms with Gasteiger partial charge in [-0.05, 0) is 75.2 Å². The van der Waals surface area contributed by atoms with E-state index in [1.807, 2.05) is 64.1 Å². The van der Waals surface area contributed by atoms with E-state index in [2.05, 4.69) is 0 Å². The number of likely N-dealkylation sites (N-methyl/N-ethyl adjacent to an activating group) is 1. The standard InChI is InChI=1S/C36H39N3O7S/c1-7-38(8-2)35(42)31-22(5)37-36-39(33(31)32-25-14-12-11-13-24(25)16-18-27(32)43-6)34(41)29(47-36)20-23-15-17-26(28(19-23)44-9-3)46-21-30(40)45-10-4/h11-20,33H,7-10,21H2,1-6H3/b29-20+/t33-/m1/s1. The van der Waals surface area contributed by atoms with Crippen molar-refractivity contribution < 1.29 is 28.5 Å². The molecule has 0 N–H and O–H groups in total. The van der Waals surface area contributed by atoms with E-state index in [1.54, 1.807) is 47.8 Å². The third kappa shape index (κ3) is 6.66. The second kappa shape index (κ2) is 14.7. The Bertz CT molecular complexity index is 2020. The van der Waals surface area contributed by atoms with Gasteiger partial charge in [-0.15, -0.1) is 0 Å². The van der Waals surface area contributed by atoms with Crippen molar-refractivity contribution in [3.05, 3.63) is 96.7 Å². The van der Waals surface area contributed by atoms with E-state index in [1.165, 1.54) is 11.3 Å². The van der Waals surface area contributed by atoms with Crippen molar-refractivity contribution in [3.8, 4) is 17.2 Å². The Kier molecular flexibility index (Phi) is 10.5. The second-order valence-corrected chi connectivity index (χ2v) is 11.7. The van der Waals surface area contributed by atoms with E-state index < -0.39 is 12.0 Å². The molecule has 1 aliphatic heterocycles. The maximum atomic E-state index is 14.4. The van der Waals surface area contributed by atoms with Gasteiger partial charge in [-0.3, -0.25) is 14.2 Å². The molecule has 10 nitrogen and oxygen atoms in total. The summed E-state index contributed by atoms with van der Waals surface area (Å²) < 4.78 is 24.4. The molecule has 0 fully saturated rings. The van der Waals surface area contributed by atoms with Gasteiger partial charge in [0.25, 0.3) is 11.5 Å². The average Bonchev–Trinajstić information content (AvgIpc) is 3.37. The number of aromatic nitrogens is 1. The predicted molar refractivity (Wildman–Crippen MR) is 182 cm³/mol. The van der Waals surface area contributed by atoms with Crippen LogP contribution in [0, 0.1) is 0 Å². The SMILES string of the molecule is CCOC(=O)COc1ccc(/C=c2/sc3n(c2=O)[C@@H](c2c(OC)ccc4ccccc24)C(C(=O)N(CC)CC)=C(C)N=3)cc1OCC. The molecule has 1 atom stereocenters. The van der Waals surface area contributed by atoms with Crippen LogP contribution in [-0.4, -0.2) is 61.4 Å². The lowest BCUT2D eigenvalue weighted by Crippen LogP contribution is -2.43. The van der Waals surface area contributed by atoms with Gasteiger partial charge in [0.2, 0.25) is 0 Å². The first kappa shape index (κ1) is 33.5. The molecule has 0 spiro atoms. The Morgan fingerprint density at radius 2 is 1.70 bits per heavy atom. The van der Waals surface area contributed by atoms with Crippen LogP contribution in [0.4, 0.5) is 0 Å². The molecule has 47 heavy (non-hydrogen) atoms. The molecule has 0 aliphatic carbocycles. The third-order valence-electron chi connectivity index (χ3n) is 7.94. The number of amides is 1. The first-order valence-corrected chi connectivity index (χ1v) is 16.5. The van der Waals surface area contributed by atoms with Gasteiger partial charge in [0.05, 0.1) is 36.1 Å². The van der Waals surface area contributed by atoms with Gasteiger partial charge in [-0.1, -0.05) is 47.7 Å². The quantitative estimate of drug-likeness (QED) is 0.205. The Balaban J connectivity index is 1.70. The number of esters is 1. The van der Waals surface area contributed by atoms with Gasteiger partial charge < -0.3 is 23.8 Å². The molecule has 0 saturated carbocycles. The zero-order chi connectivity index (χ0) is 33.7. The summed E-state index contributed by atoms with van der Waals surface area (Å²) in [4.78, 5) is 47.5.